The summed E-state index contributed by atoms with van der Waals surface area (Å²) in [6.07, 6.45) is 0. The Morgan fingerprint density at radius 1 is 1.22 bits per heavy atom. The molecule has 0 fully saturated rings. The average molecular weight is 124 g/mol. The molecule has 50 valence electrons. The molecule has 0 spiro atoms. The maximum absolute atomic E-state index is 4.27. The minimum atomic E-state index is 1.09. The van der Waals surface area contributed by atoms with Gasteiger partial charge in [-0.1, -0.05) is 0 Å². The van der Waals surface area contributed by atoms with Crippen molar-refractivity contribution in [2.24, 2.45) is 7.05 Å². The first kappa shape index (κ1) is 6.33. The molecule has 0 aliphatic carbocycles. The van der Waals surface area contributed by atoms with Crippen molar-refractivity contribution in [3.8, 4) is 0 Å². The highest BCUT2D eigenvalue weighted by atomic mass is 15.1. The molecule has 0 N–H and O–H groups in total. The van der Waals surface area contributed by atoms with Gasteiger partial charge in [0.15, 0.2) is 0 Å². The highest BCUT2D eigenvalue weighted by molar-refractivity contribution is 5.12. The summed E-state index contributed by atoms with van der Waals surface area (Å²) >= 11 is 0. The lowest BCUT2D eigenvalue weighted by molar-refractivity contribution is 0.827. The molecule has 0 saturated heterocycles. The van der Waals surface area contributed by atoms with Crippen molar-refractivity contribution in [3.63, 3.8) is 0 Å². The third-order valence-corrected chi connectivity index (χ3v) is 1.84. The number of nitrogens with zero attached hydrogens (tertiary/aromatic N) is 2. The zero-order valence-electron chi connectivity index (χ0n) is 6.39. The lowest BCUT2D eigenvalue weighted by Gasteiger charge is -1.94. The highest BCUT2D eigenvalue weighted by Gasteiger charge is 2.00. The summed E-state index contributed by atoms with van der Waals surface area (Å²) in [5, 5.41) is 0. The van der Waals surface area contributed by atoms with Crippen LogP contribution < -0.4 is 0 Å². The Bertz CT molecular complexity index is 201. The van der Waals surface area contributed by atoms with E-state index in [1.807, 2.05) is 20.9 Å². The molecule has 9 heavy (non-hydrogen) atoms. The van der Waals surface area contributed by atoms with E-state index >= 15 is 0 Å². The molecule has 1 aromatic rings. The standard InChI is InChI=1S/C7H12N2/c1-5-6(2)9(4)7(3)8-5/h1-4H3. The molecule has 1 rings (SSSR count). The number of hydrogen-bond acceptors (Lipinski definition) is 1. The number of aryl methyl sites for hydroxylation is 2. The highest BCUT2D eigenvalue weighted by Crippen LogP contribution is 2.05. The first-order chi connectivity index (χ1) is 4.13. The Kier molecular flexibility index (Phi) is 1.31. The van der Waals surface area contributed by atoms with Crippen molar-refractivity contribution >= 4 is 0 Å². The number of hydrogen-bond donors (Lipinski definition) is 0. The zero-order valence-corrected chi connectivity index (χ0v) is 6.39. The van der Waals surface area contributed by atoms with E-state index in [1.54, 1.807) is 0 Å². The summed E-state index contributed by atoms with van der Waals surface area (Å²) in [6, 6.07) is 0. The summed E-state index contributed by atoms with van der Waals surface area (Å²) in [5.41, 5.74) is 2.39. The third kappa shape index (κ3) is 0.846. The van der Waals surface area contributed by atoms with Crippen LogP contribution in [0.3, 0.4) is 0 Å². The van der Waals surface area contributed by atoms with Gasteiger partial charge in [-0.05, 0) is 20.8 Å². The van der Waals surface area contributed by atoms with Crippen molar-refractivity contribution in [3.05, 3.63) is 17.2 Å². The SMILES string of the molecule is Cc1nc(C)n(C)c1C. The normalized spacial score (nSPS) is 10.2. The van der Waals surface area contributed by atoms with Crippen LogP contribution in [0.4, 0.5) is 0 Å². The van der Waals surface area contributed by atoms with Crippen LogP contribution in [0.15, 0.2) is 0 Å². The first-order valence-corrected chi connectivity index (χ1v) is 3.09. The Morgan fingerprint density at radius 3 is 1.89 bits per heavy atom. The molecule has 0 aliphatic rings. The Balaban J connectivity index is 3.29. The second-order valence-corrected chi connectivity index (χ2v) is 2.39. The molecule has 0 atom stereocenters. The first-order valence-electron chi connectivity index (χ1n) is 3.09. The van der Waals surface area contributed by atoms with Crippen LogP contribution in [0.25, 0.3) is 0 Å². The summed E-state index contributed by atoms with van der Waals surface area (Å²) in [4.78, 5) is 4.27. The van der Waals surface area contributed by atoms with E-state index in [0.717, 1.165) is 11.5 Å². The average Bonchev–Trinajstić information content (AvgIpc) is 1.98. The van der Waals surface area contributed by atoms with E-state index in [-0.39, 0.29) is 0 Å². The van der Waals surface area contributed by atoms with E-state index in [1.165, 1.54) is 5.69 Å². The number of imidazole rings is 1. The topological polar surface area (TPSA) is 17.8 Å². The van der Waals surface area contributed by atoms with Crippen LogP contribution in [-0.4, -0.2) is 9.55 Å². The van der Waals surface area contributed by atoms with Crippen molar-refractivity contribution in [1.29, 1.82) is 0 Å². The molecule has 0 saturated carbocycles. The third-order valence-electron chi connectivity index (χ3n) is 1.84. The van der Waals surface area contributed by atoms with E-state index < -0.39 is 0 Å². The molecule has 0 aromatic carbocycles. The van der Waals surface area contributed by atoms with Gasteiger partial charge < -0.3 is 4.57 Å². The fourth-order valence-electron chi connectivity index (χ4n) is 0.884. The summed E-state index contributed by atoms with van der Waals surface area (Å²) < 4.78 is 2.09. The van der Waals surface area contributed by atoms with Gasteiger partial charge in [0.25, 0.3) is 0 Å². The second kappa shape index (κ2) is 1.87. The minimum Gasteiger partial charge on any atom is -0.335 e. The maximum atomic E-state index is 4.27. The van der Waals surface area contributed by atoms with Crippen molar-refractivity contribution < 1.29 is 0 Å². The van der Waals surface area contributed by atoms with Crippen LogP contribution in [0.2, 0.25) is 0 Å². The van der Waals surface area contributed by atoms with Gasteiger partial charge in [-0.25, -0.2) is 4.98 Å². The summed E-state index contributed by atoms with van der Waals surface area (Å²) in [6.45, 7) is 6.12. The van der Waals surface area contributed by atoms with Crippen molar-refractivity contribution in [2.75, 3.05) is 0 Å². The zero-order chi connectivity index (χ0) is 7.02. The number of rotatable bonds is 0. The van der Waals surface area contributed by atoms with Gasteiger partial charge in [-0.15, -0.1) is 0 Å². The van der Waals surface area contributed by atoms with E-state index in [4.69, 9.17) is 0 Å². The molecule has 0 bridgehead atoms. The molecule has 0 unspecified atom stereocenters. The van der Waals surface area contributed by atoms with Crippen LogP contribution in [0.5, 0.6) is 0 Å². The van der Waals surface area contributed by atoms with E-state index in [0.29, 0.717) is 0 Å². The summed E-state index contributed by atoms with van der Waals surface area (Å²) in [5.74, 6) is 1.09. The van der Waals surface area contributed by atoms with Gasteiger partial charge in [-0.2, -0.15) is 0 Å². The van der Waals surface area contributed by atoms with Gasteiger partial charge in [0.05, 0.1) is 5.69 Å². The monoisotopic (exact) mass is 124 g/mol. The van der Waals surface area contributed by atoms with Gasteiger partial charge in [0.1, 0.15) is 5.82 Å². The van der Waals surface area contributed by atoms with Crippen LogP contribution in [0, 0.1) is 20.8 Å². The van der Waals surface area contributed by atoms with Crippen LogP contribution in [-0.2, 0) is 7.05 Å². The molecule has 1 heterocycles. The largest absolute Gasteiger partial charge is 0.335 e. The molecule has 0 amide bonds. The maximum Gasteiger partial charge on any atom is 0.105 e. The Hall–Kier alpha value is -0.790. The lowest BCUT2D eigenvalue weighted by atomic mass is 10.4. The fourth-order valence-corrected chi connectivity index (χ4v) is 0.884. The Morgan fingerprint density at radius 2 is 1.78 bits per heavy atom. The van der Waals surface area contributed by atoms with Crippen molar-refractivity contribution in [2.45, 2.75) is 20.8 Å². The van der Waals surface area contributed by atoms with Gasteiger partial charge in [0.2, 0.25) is 0 Å². The summed E-state index contributed by atoms with van der Waals surface area (Å²) in [7, 11) is 2.03. The lowest BCUT2D eigenvalue weighted by Crippen LogP contribution is -1.92. The van der Waals surface area contributed by atoms with Gasteiger partial charge in [-0.3, -0.25) is 0 Å². The van der Waals surface area contributed by atoms with Gasteiger partial charge in [0, 0.05) is 12.7 Å². The quantitative estimate of drug-likeness (QED) is 0.510. The Labute approximate surface area is 55.5 Å². The molecule has 0 aliphatic heterocycles. The molecule has 2 nitrogen and oxygen atoms in total. The molecular formula is C7H12N2. The van der Waals surface area contributed by atoms with Gasteiger partial charge >= 0.3 is 0 Å². The number of aromatic nitrogens is 2. The molecular weight excluding hydrogens is 112 g/mol. The predicted molar refractivity (Wildman–Crippen MR) is 37.4 cm³/mol. The molecule has 1 aromatic heterocycles. The van der Waals surface area contributed by atoms with Crippen LogP contribution in [0.1, 0.15) is 17.2 Å². The molecule has 2 heteroatoms. The van der Waals surface area contributed by atoms with Crippen LogP contribution >= 0.6 is 0 Å². The van der Waals surface area contributed by atoms with E-state index in [9.17, 15) is 0 Å². The minimum absolute atomic E-state index is 1.09. The smallest absolute Gasteiger partial charge is 0.105 e. The van der Waals surface area contributed by atoms with E-state index in [2.05, 4.69) is 16.5 Å². The van der Waals surface area contributed by atoms with Crippen molar-refractivity contribution in [1.82, 2.24) is 9.55 Å². The predicted octanol–water partition coefficient (Wildman–Crippen LogP) is 1.35. The molecule has 0 radical (unpaired) electrons. The fraction of sp³-hybridized carbons (Fsp3) is 0.571. The second-order valence-electron chi connectivity index (χ2n) is 2.39.